The predicted molar refractivity (Wildman–Crippen MR) is 72.4 cm³/mol. The summed E-state index contributed by atoms with van der Waals surface area (Å²) in [5, 5.41) is 3.53. The first-order valence-electron chi connectivity index (χ1n) is 6.52. The molecule has 0 saturated heterocycles. The molecule has 2 aromatic rings. The van der Waals surface area contributed by atoms with Gasteiger partial charge >= 0.3 is 0 Å². The number of aromatic nitrogens is 3. The summed E-state index contributed by atoms with van der Waals surface area (Å²) in [6.07, 6.45) is 8.16. The number of rotatable bonds is 2. The van der Waals surface area contributed by atoms with Gasteiger partial charge in [-0.25, -0.2) is 9.97 Å². The Hall–Kier alpha value is -1.62. The molecule has 1 saturated carbocycles. The number of nitrogens with two attached hydrogens (primary N) is 1. The topological polar surface area (TPSA) is 68.8 Å². The highest BCUT2D eigenvalue weighted by molar-refractivity contribution is 5.86. The lowest BCUT2D eigenvalue weighted by Gasteiger charge is -2.27. The van der Waals surface area contributed by atoms with Crippen molar-refractivity contribution >= 4 is 16.9 Å². The first-order chi connectivity index (χ1) is 8.74. The maximum absolute atomic E-state index is 6.02. The Kier molecular flexibility index (Phi) is 2.91. The summed E-state index contributed by atoms with van der Waals surface area (Å²) in [5.41, 5.74) is 8.07. The molecule has 1 aliphatic carbocycles. The molecule has 2 heterocycles. The van der Waals surface area contributed by atoms with Crippen molar-refractivity contribution in [1.82, 2.24) is 14.5 Å². The Morgan fingerprint density at radius 1 is 1.39 bits per heavy atom. The molecule has 0 radical (unpaired) electrons. The number of fused-ring (bicyclic) bond motifs is 1. The Balaban J connectivity index is 1.88. The van der Waals surface area contributed by atoms with Crippen molar-refractivity contribution in [3.63, 3.8) is 0 Å². The van der Waals surface area contributed by atoms with Crippen LogP contribution in [0.5, 0.6) is 0 Å². The lowest BCUT2D eigenvalue weighted by atomic mass is 9.91. The van der Waals surface area contributed by atoms with Gasteiger partial charge in [-0.3, -0.25) is 0 Å². The van der Waals surface area contributed by atoms with E-state index in [9.17, 15) is 0 Å². The van der Waals surface area contributed by atoms with E-state index in [0.717, 1.165) is 29.7 Å². The standard InChI is InChI=1S/C13H19N5/c1-18-8-16-11-5-6-15-13(12(11)18)17-10-4-2-3-9(14)7-10/h5-6,8-10H,2-4,7,14H2,1H3,(H,15,17). The van der Waals surface area contributed by atoms with E-state index in [-0.39, 0.29) is 0 Å². The molecule has 1 aliphatic rings. The molecule has 0 amide bonds. The Labute approximate surface area is 106 Å². The van der Waals surface area contributed by atoms with Crippen LogP contribution in [0.15, 0.2) is 18.6 Å². The maximum atomic E-state index is 6.02. The van der Waals surface area contributed by atoms with Crippen molar-refractivity contribution < 1.29 is 0 Å². The van der Waals surface area contributed by atoms with Gasteiger partial charge in [-0.15, -0.1) is 0 Å². The summed E-state index contributed by atoms with van der Waals surface area (Å²) in [4.78, 5) is 8.79. The van der Waals surface area contributed by atoms with Gasteiger partial charge in [0.1, 0.15) is 5.52 Å². The van der Waals surface area contributed by atoms with Gasteiger partial charge in [0.05, 0.1) is 11.8 Å². The second-order valence-electron chi connectivity index (χ2n) is 5.15. The third-order valence-corrected chi connectivity index (χ3v) is 3.68. The van der Waals surface area contributed by atoms with Crippen LogP contribution in [0.3, 0.4) is 0 Å². The van der Waals surface area contributed by atoms with Crippen LogP contribution < -0.4 is 11.1 Å². The fourth-order valence-electron chi connectivity index (χ4n) is 2.76. The van der Waals surface area contributed by atoms with E-state index in [2.05, 4.69) is 15.3 Å². The Morgan fingerprint density at radius 2 is 2.28 bits per heavy atom. The zero-order chi connectivity index (χ0) is 12.5. The molecule has 3 N–H and O–H groups in total. The molecule has 0 aromatic carbocycles. The number of hydrogen-bond acceptors (Lipinski definition) is 4. The average molecular weight is 245 g/mol. The van der Waals surface area contributed by atoms with Crippen molar-refractivity contribution in [2.24, 2.45) is 12.8 Å². The minimum Gasteiger partial charge on any atom is -0.365 e. The van der Waals surface area contributed by atoms with Gasteiger partial charge in [0, 0.05) is 25.3 Å². The largest absolute Gasteiger partial charge is 0.365 e. The van der Waals surface area contributed by atoms with Crippen LogP contribution >= 0.6 is 0 Å². The quantitative estimate of drug-likeness (QED) is 0.844. The summed E-state index contributed by atoms with van der Waals surface area (Å²) in [7, 11) is 1.99. The van der Waals surface area contributed by atoms with Crippen LogP contribution in [-0.2, 0) is 7.05 Å². The van der Waals surface area contributed by atoms with E-state index in [1.165, 1.54) is 12.8 Å². The minimum atomic E-state index is 0.321. The fraction of sp³-hybridized carbons (Fsp3) is 0.538. The van der Waals surface area contributed by atoms with E-state index in [4.69, 9.17) is 5.73 Å². The zero-order valence-corrected chi connectivity index (χ0v) is 10.6. The fourth-order valence-corrected chi connectivity index (χ4v) is 2.76. The number of anilines is 1. The van der Waals surface area contributed by atoms with Crippen molar-refractivity contribution in [3.8, 4) is 0 Å². The summed E-state index contributed by atoms with van der Waals surface area (Å²) >= 11 is 0. The highest BCUT2D eigenvalue weighted by Crippen LogP contribution is 2.24. The van der Waals surface area contributed by atoms with Crippen molar-refractivity contribution in [2.45, 2.75) is 37.8 Å². The van der Waals surface area contributed by atoms with Crippen LogP contribution in [0.4, 0.5) is 5.82 Å². The van der Waals surface area contributed by atoms with Gasteiger partial charge in [0.2, 0.25) is 0 Å². The number of aryl methyl sites for hydroxylation is 1. The van der Waals surface area contributed by atoms with Gasteiger partial charge in [-0.05, 0) is 31.7 Å². The van der Waals surface area contributed by atoms with E-state index in [1.807, 2.05) is 24.0 Å². The van der Waals surface area contributed by atoms with Gasteiger partial charge in [-0.2, -0.15) is 0 Å². The third kappa shape index (κ3) is 2.06. The molecule has 5 heteroatoms. The van der Waals surface area contributed by atoms with Gasteiger partial charge < -0.3 is 15.6 Å². The number of hydrogen-bond donors (Lipinski definition) is 2. The molecule has 1 fully saturated rings. The molecular weight excluding hydrogens is 226 g/mol. The van der Waals surface area contributed by atoms with E-state index < -0.39 is 0 Å². The molecule has 2 atom stereocenters. The zero-order valence-electron chi connectivity index (χ0n) is 10.6. The number of pyridine rings is 1. The molecule has 96 valence electrons. The predicted octanol–water partition coefficient (Wildman–Crippen LogP) is 1.65. The van der Waals surface area contributed by atoms with Gasteiger partial charge in [0.15, 0.2) is 5.82 Å². The summed E-state index contributed by atoms with van der Waals surface area (Å²) in [5.74, 6) is 0.923. The molecule has 5 nitrogen and oxygen atoms in total. The molecule has 0 aliphatic heterocycles. The maximum Gasteiger partial charge on any atom is 0.152 e. The van der Waals surface area contributed by atoms with Crippen LogP contribution in [0.2, 0.25) is 0 Å². The van der Waals surface area contributed by atoms with Crippen LogP contribution in [-0.4, -0.2) is 26.6 Å². The Morgan fingerprint density at radius 3 is 3.11 bits per heavy atom. The highest BCUT2D eigenvalue weighted by atomic mass is 15.1. The molecular formula is C13H19N5. The number of nitrogens with zero attached hydrogens (tertiary/aromatic N) is 3. The molecule has 3 rings (SSSR count). The molecule has 2 unspecified atom stereocenters. The van der Waals surface area contributed by atoms with E-state index in [0.29, 0.717) is 12.1 Å². The highest BCUT2D eigenvalue weighted by Gasteiger charge is 2.20. The monoisotopic (exact) mass is 245 g/mol. The second-order valence-corrected chi connectivity index (χ2v) is 5.15. The minimum absolute atomic E-state index is 0.321. The molecule has 18 heavy (non-hydrogen) atoms. The van der Waals surface area contributed by atoms with Crippen molar-refractivity contribution in [1.29, 1.82) is 0 Å². The Bertz CT molecular complexity index is 547. The average Bonchev–Trinajstić information content (AvgIpc) is 2.72. The first kappa shape index (κ1) is 11.5. The first-order valence-corrected chi connectivity index (χ1v) is 6.52. The van der Waals surface area contributed by atoms with Gasteiger partial charge in [-0.1, -0.05) is 0 Å². The van der Waals surface area contributed by atoms with Crippen molar-refractivity contribution in [3.05, 3.63) is 18.6 Å². The van der Waals surface area contributed by atoms with Crippen LogP contribution in [0, 0.1) is 0 Å². The number of nitrogens with one attached hydrogen (secondary N) is 1. The van der Waals surface area contributed by atoms with Gasteiger partial charge in [0.25, 0.3) is 0 Å². The van der Waals surface area contributed by atoms with E-state index >= 15 is 0 Å². The lowest BCUT2D eigenvalue weighted by molar-refractivity contribution is 0.409. The van der Waals surface area contributed by atoms with Crippen LogP contribution in [0.1, 0.15) is 25.7 Å². The summed E-state index contributed by atoms with van der Waals surface area (Å²) < 4.78 is 2.01. The molecule has 0 bridgehead atoms. The smallest absolute Gasteiger partial charge is 0.152 e. The number of imidazole rings is 1. The summed E-state index contributed by atoms with van der Waals surface area (Å²) in [6.45, 7) is 0. The lowest BCUT2D eigenvalue weighted by Crippen LogP contribution is -2.35. The third-order valence-electron chi connectivity index (χ3n) is 3.68. The molecule has 2 aromatic heterocycles. The second kappa shape index (κ2) is 4.57. The normalized spacial score (nSPS) is 24.3. The van der Waals surface area contributed by atoms with E-state index in [1.54, 1.807) is 6.20 Å². The summed E-state index contributed by atoms with van der Waals surface area (Å²) in [6, 6.07) is 2.69. The van der Waals surface area contributed by atoms with Crippen molar-refractivity contribution in [2.75, 3.05) is 5.32 Å². The van der Waals surface area contributed by atoms with Crippen LogP contribution in [0.25, 0.3) is 11.0 Å². The molecule has 0 spiro atoms. The SMILES string of the molecule is Cn1cnc2ccnc(NC3CCCC(N)C3)c21.